The summed E-state index contributed by atoms with van der Waals surface area (Å²) < 4.78 is 1.33. The second-order valence-corrected chi connectivity index (χ2v) is 4.36. The van der Waals surface area contributed by atoms with Crippen molar-refractivity contribution in [3.8, 4) is 6.07 Å². The fourth-order valence-corrected chi connectivity index (χ4v) is 2.74. The van der Waals surface area contributed by atoms with E-state index >= 15 is 0 Å². The average molecular weight is 201 g/mol. The Hall–Kier alpha value is -1.33. The number of nitriles is 1. The summed E-state index contributed by atoms with van der Waals surface area (Å²) in [5, 5.41) is 12.0. The SMILES string of the molecule is Cc1ccc2c(CC#N)csc2c1C. The molecular weight excluding hydrogens is 190 g/mol. The number of nitrogens with zero attached hydrogens (tertiary/aromatic N) is 1. The van der Waals surface area contributed by atoms with Gasteiger partial charge in [0.1, 0.15) is 0 Å². The molecule has 0 amide bonds. The Morgan fingerprint density at radius 1 is 1.36 bits per heavy atom. The summed E-state index contributed by atoms with van der Waals surface area (Å²) in [7, 11) is 0. The molecule has 1 nitrogen and oxygen atoms in total. The van der Waals surface area contributed by atoms with E-state index in [1.54, 1.807) is 11.3 Å². The summed E-state index contributed by atoms with van der Waals surface area (Å²) in [4.78, 5) is 0. The van der Waals surface area contributed by atoms with Crippen molar-refractivity contribution >= 4 is 21.4 Å². The van der Waals surface area contributed by atoms with Gasteiger partial charge in [-0.2, -0.15) is 5.26 Å². The van der Waals surface area contributed by atoms with E-state index in [-0.39, 0.29) is 0 Å². The zero-order chi connectivity index (χ0) is 10.1. The maximum absolute atomic E-state index is 8.68. The molecule has 0 aliphatic carbocycles. The van der Waals surface area contributed by atoms with Crippen molar-refractivity contribution in [3.63, 3.8) is 0 Å². The Morgan fingerprint density at radius 3 is 2.86 bits per heavy atom. The number of hydrogen-bond donors (Lipinski definition) is 0. The number of fused-ring (bicyclic) bond motifs is 1. The standard InChI is InChI=1S/C12H11NS/c1-8-3-4-11-10(5-6-13)7-14-12(11)9(8)2/h3-4,7H,5H2,1-2H3. The van der Waals surface area contributed by atoms with Gasteiger partial charge in [-0.25, -0.2) is 0 Å². The third-order valence-corrected chi connectivity index (χ3v) is 3.78. The molecule has 2 aromatic rings. The maximum atomic E-state index is 8.68. The highest BCUT2D eigenvalue weighted by molar-refractivity contribution is 7.17. The summed E-state index contributed by atoms with van der Waals surface area (Å²) in [5.41, 5.74) is 3.83. The predicted octanol–water partition coefficient (Wildman–Crippen LogP) is 3.58. The third-order valence-electron chi connectivity index (χ3n) is 2.61. The van der Waals surface area contributed by atoms with E-state index in [1.807, 2.05) is 0 Å². The molecule has 0 spiro atoms. The molecule has 2 heteroatoms. The number of hydrogen-bond acceptors (Lipinski definition) is 2. The molecule has 1 aromatic heterocycles. The van der Waals surface area contributed by atoms with E-state index in [0.29, 0.717) is 6.42 Å². The summed E-state index contributed by atoms with van der Waals surface area (Å²) >= 11 is 1.74. The Labute approximate surface area is 87.6 Å². The fraction of sp³-hybridized carbons (Fsp3) is 0.250. The van der Waals surface area contributed by atoms with Gasteiger partial charge in [0.2, 0.25) is 0 Å². The van der Waals surface area contributed by atoms with E-state index in [1.165, 1.54) is 21.2 Å². The number of thiophene rings is 1. The highest BCUT2D eigenvalue weighted by Gasteiger charge is 2.06. The lowest BCUT2D eigenvalue weighted by atomic mass is 10.0. The molecule has 0 aliphatic heterocycles. The van der Waals surface area contributed by atoms with Crippen LogP contribution in [-0.2, 0) is 6.42 Å². The average Bonchev–Trinajstić information content (AvgIpc) is 2.57. The van der Waals surface area contributed by atoms with E-state index < -0.39 is 0 Å². The lowest BCUT2D eigenvalue weighted by Crippen LogP contribution is -1.82. The molecule has 1 aromatic carbocycles. The smallest absolute Gasteiger partial charge is 0.0670 e. The number of benzene rings is 1. The van der Waals surface area contributed by atoms with Crippen LogP contribution in [0, 0.1) is 25.2 Å². The van der Waals surface area contributed by atoms with Crippen molar-refractivity contribution in [3.05, 3.63) is 34.2 Å². The van der Waals surface area contributed by atoms with Gasteiger partial charge in [0.15, 0.2) is 0 Å². The first-order chi connectivity index (χ1) is 6.74. The number of aryl methyl sites for hydroxylation is 2. The first-order valence-corrected chi connectivity index (χ1v) is 5.45. The van der Waals surface area contributed by atoms with Gasteiger partial charge in [-0.1, -0.05) is 12.1 Å². The summed E-state index contributed by atoms with van der Waals surface area (Å²) in [6.45, 7) is 4.27. The second kappa shape index (κ2) is 3.43. The van der Waals surface area contributed by atoms with Gasteiger partial charge in [0, 0.05) is 4.70 Å². The van der Waals surface area contributed by atoms with Gasteiger partial charge >= 0.3 is 0 Å². The van der Waals surface area contributed by atoms with Crippen LogP contribution in [0.15, 0.2) is 17.5 Å². The molecule has 0 saturated carbocycles. The minimum Gasteiger partial charge on any atom is -0.198 e. The Kier molecular flexibility index (Phi) is 2.26. The molecule has 0 radical (unpaired) electrons. The van der Waals surface area contributed by atoms with Gasteiger partial charge in [0.05, 0.1) is 12.5 Å². The summed E-state index contributed by atoms with van der Waals surface area (Å²) in [6.07, 6.45) is 0.516. The molecule has 2 rings (SSSR count). The number of rotatable bonds is 1. The van der Waals surface area contributed by atoms with Crippen LogP contribution in [0.25, 0.3) is 10.1 Å². The summed E-state index contributed by atoms with van der Waals surface area (Å²) in [5.74, 6) is 0. The Balaban J connectivity index is 2.72. The van der Waals surface area contributed by atoms with Crippen LogP contribution in [0.3, 0.4) is 0 Å². The van der Waals surface area contributed by atoms with Gasteiger partial charge < -0.3 is 0 Å². The highest BCUT2D eigenvalue weighted by Crippen LogP contribution is 2.30. The zero-order valence-corrected chi connectivity index (χ0v) is 9.11. The van der Waals surface area contributed by atoms with Gasteiger partial charge in [0.25, 0.3) is 0 Å². The first-order valence-electron chi connectivity index (χ1n) is 4.57. The molecule has 0 atom stereocenters. The molecule has 0 bridgehead atoms. The molecule has 0 fully saturated rings. The van der Waals surface area contributed by atoms with Crippen LogP contribution in [-0.4, -0.2) is 0 Å². The molecule has 0 unspecified atom stereocenters. The van der Waals surface area contributed by atoms with Crippen molar-refractivity contribution in [2.24, 2.45) is 0 Å². The zero-order valence-electron chi connectivity index (χ0n) is 8.29. The lowest BCUT2D eigenvalue weighted by molar-refractivity contribution is 1.30. The van der Waals surface area contributed by atoms with Gasteiger partial charge in [-0.3, -0.25) is 0 Å². The fourth-order valence-electron chi connectivity index (χ4n) is 1.61. The maximum Gasteiger partial charge on any atom is 0.0670 e. The molecule has 14 heavy (non-hydrogen) atoms. The van der Waals surface area contributed by atoms with Gasteiger partial charge in [-0.05, 0) is 41.3 Å². The van der Waals surface area contributed by atoms with Crippen molar-refractivity contribution in [1.29, 1.82) is 5.26 Å². The van der Waals surface area contributed by atoms with Crippen molar-refractivity contribution < 1.29 is 0 Å². The van der Waals surface area contributed by atoms with Gasteiger partial charge in [-0.15, -0.1) is 11.3 Å². The minimum atomic E-state index is 0.516. The molecule has 70 valence electrons. The topological polar surface area (TPSA) is 23.8 Å². The monoisotopic (exact) mass is 201 g/mol. The van der Waals surface area contributed by atoms with Crippen LogP contribution in [0.5, 0.6) is 0 Å². The lowest BCUT2D eigenvalue weighted by Gasteiger charge is -2.01. The Morgan fingerprint density at radius 2 is 2.14 bits per heavy atom. The van der Waals surface area contributed by atoms with Crippen LogP contribution < -0.4 is 0 Å². The molecule has 0 saturated heterocycles. The Bertz CT molecular complexity index is 517. The summed E-state index contributed by atoms with van der Waals surface area (Å²) in [6, 6.07) is 6.46. The van der Waals surface area contributed by atoms with Crippen molar-refractivity contribution in [2.45, 2.75) is 20.3 Å². The van der Waals surface area contributed by atoms with E-state index in [2.05, 4.69) is 37.4 Å². The molecule has 0 aliphatic rings. The van der Waals surface area contributed by atoms with E-state index in [0.717, 1.165) is 5.56 Å². The molecule has 1 heterocycles. The van der Waals surface area contributed by atoms with Crippen molar-refractivity contribution in [1.82, 2.24) is 0 Å². The van der Waals surface area contributed by atoms with Crippen molar-refractivity contribution in [2.75, 3.05) is 0 Å². The largest absolute Gasteiger partial charge is 0.198 e. The second-order valence-electron chi connectivity index (χ2n) is 3.48. The molecular formula is C12H11NS. The minimum absolute atomic E-state index is 0.516. The predicted molar refractivity (Wildman–Crippen MR) is 60.6 cm³/mol. The van der Waals surface area contributed by atoms with E-state index in [4.69, 9.17) is 5.26 Å². The van der Waals surface area contributed by atoms with Crippen LogP contribution in [0.1, 0.15) is 16.7 Å². The van der Waals surface area contributed by atoms with E-state index in [9.17, 15) is 0 Å². The van der Waals surface area contributed by atoms with Crippen LogP contribution >= 0.6 is 11.3 Å². The van der Waals surface area contributed by atoms with Crippen LogP contribution in [0.4, 0.5) is 0 Å². The van der Waals surface area contributed by atoms with Crippen LogP contribution in [0.2, 0.25) is 0 Å². The third kappa shape index (κ3) is 1.30. The highest BCUT2D eigenvalue weighted by atomic mass is 32.1. The molecule has 0 N–H and O–H groups in total. The quantitative estimate of drug-likeness (QED) is 0.691. The first kappa shape index (κ1) is 9.23. The normalized spacial score (nSPS) is 10.4.